The highest BCUT2D eigenvalue weighted by atomic mass is 16.5. The maximum absolute atomic E-state index is 9.69. The van der Waals surface area contributed by atoms with Crippen molar-refractivity contribution in [1.29, 1.82) is 0 Å². The van der Waals surface area contributed by atoms with Crippen molar-refractivity contribution in [3.8, 4) is 0 Å². The predicted octanol–water partition coefficient (Wildman–Crippen LogP) is 2.43. The third kappa shape index (κ3) is 10.9. The minimum atomic E-state index is 0.610. The lowest BCUT2D eigenvalue weighted by molar-refractivity contribution is 0.240. The first-order chi connectivity index (χ1) is 6.41. The first kappa shape index (κ1) is 11.9. The molecular weight excluding hydrogens is 166 g/mol. The number of hydrogen-bond acceptors (Lipinski definition) is 3. The fourth-order valence-electron chi connectivity index (χ4n) is 0.940. The van der Waals surface area contributed by atoms with Gasteiger partial charge in [-0.15, -0.1) is 0 Å². The molecular formula is C10H17NO2. The number of allylic oxidation sites excluding steroid dienone is 1. The molecule has 0 fully saturated rings. The van der Waals surface area contributed by atoms with Gasteiger partial charge in [0.25, 0.3) is 0 Å². The van der Waals surface area contributed by atoms with Crippen LogP contribution in [0.3, 0.4) is 0 Å². The largest absolute Gasteiger partial charge is 0.502 e. The van der Waals surface area contributed by atoms with Gasteiger partial charge in [0, 0.05) is 0 Å². The maximum atomic E-state index is 9.69. The molecule has 0 aromatic carbocycles. The van der Waals surface area contributed by atoms with Gasteiger partial charge in [0.15, 0.2) is 0 Å². The molecule has 0 radical (unpaired) electrons. The lowest BCUT2D eigenvalue weighted by Crippen LogP contribution is -1.88. The van der Waals surface area contributed by atoms with E-state index in [9.17, 15) is 4.79 Å². The molecule has 0 unspecified atom stereocenters. The van der Waals surface area contributed by atoms with Crippen molar-refractivity contribution in [3.05, 3.63) is 12.3 Å². The fourth-order valence-corrected chi connectivity index (χ4v) is 0.940. The molecule has 0 rings (SSSR count). The molecule has 0 saturated carbocycles. The van der Waals surface area contributed by atoms with Crippen LogP contribution in [0.25, 0.3) is 0 Å². The zero-order valence-corrected chi connectivity index (χ0v) is 8.16. The van der Waals surface area contributed by atoms with Crippen molar-refractivity contribution in [2.45, 2.75) is 32.6 Å². The number of nitrogens with zero attached hydrogens (tertiary/aromatic N) is 1. The molecule has 0 aliphatic heterocycles. The van der Waals surface area contributed by atoms with Crippen LogP contribution in [-0.2, 0) is 9.53 Å². The first-order valence-electron chi connectivity index (χ1n) is 4.68. The van der Waals surface area contributed by atoms with Gasteiger partial charge in [0.1, 0.15) is 0 Å². The zero-order chi connectivity index (χ0) is 9.78. The van der Waals surface area contributed by atoms with Gasteiger partial charge in [-0.05, 0) is 26.2 Å². The zero-order valence-electron chi connectivity index (χ0n) is 8.16. The molecule has 0 aliphatic carbocycles. The Morgan fingerprint density at radius 2 is 2.08 bits per heavy atom. The Balaban J connectivity index is 2.95. The van der Waals surface area contributed by atoms with E-state index in [4.69, 9.17) is 4.74 Å². The van der Waals surface area contributed by atoms with E-state index in [1.165, 1.54) is 6.08 Å². The highest BCUT2D eigenvalue weighted by Crippen LogP contribution is 2.00. The van der Waals surface area contributed by atoms with E-state index in [1.807, 2.05) is 13.0 Å². The van der Waals surface area contributed by atoms with Crippen LogP contribution in [0.4, 0.5) is 0 Å². The van der Waals surface area contributed by atoms with Gasteiger partial charge < -0.3 is 4.74 Å². The van der Waals surface area contributed by atoms with Crippen LogP contribution in [0.5, 0.6) is 0 Å². The Morgan fingerprint density at radius 3 is 2.77 bits per heavy atom. The number of rotatable bonds is 8. The molecule has 0 saturated heterocycles. The topological polar surface area (TPSA) is 38.7 Å². The molecule has 0 bridgehead atoms. The number of unbranched alkanes of at least 4 members (excludes halogenated alkanes) is 3. The smallest absolute Gasteiger partial charge is 0.234 e. The van der Waals surface area contributed by atoms with E-state index in [0.717, 1.165) is 32.3 Å². The summed E-state index contributed by atoms with van der Waals surface area (Å²) in [6, 6.07) is 0. The van der Waals surface area contributed by atoms with E-state index >= 15 is 0 Å². The van der Waals surface area contributed by atoms with Crippen LogP contribution in [0.15, 0.2) is 17.3 Å². The molecule has 3 heteroatoms. The fraction of sp³-hybridized carbons (Fsp3) is 0.700. The highest BCUT2D eigenvalue weighted by Gasteiger charge is 1.88. The second-order valence-electron chi connectivity index (χ2n) is 2.73. The summed E-state index contributed by atoms with van der Waals surface area (Å²) in [4.78, 5) is 13.2. The standard InChI is InChI=1S/C10H17NO2/c1-2-8-13-9-6-4-3-5-7-11-10-12/h2,8H,3-7,9H2,1H3. The molecule has 0 heterocycles. The van der Waals surface area contributed by atoms with Crippen molar-refractivity contribution < 1.29 is 9.53 Å². The van der Waals surface area contributed by atoms with Gasteiger partial charge in [-0.3, -0.25) is 0 Å². The molecule has 0 aromatic rings. The SMILES string of the molecule is CC=COCCCCCCN=C=O. The lowest BCUT2D eigenvalue weighted by atomic mass is 10.2. The molecule has 0 aliphatic rings. The van der Waals surface area contributed by atoms with E-state index in [-0.39, 0.29) is 0 Å². The number of carbonyl (C=O) groups excluding carboxylic acids is 1. The second kappa shape index (κ2) is 10.9. The average molecular weight is 183 g/mol. The maximum Gasteiger partial charge on any atom is 0.234 e. The van der Waals surface area contributed by atoms with Gasteiger partial charge in [-0.2, -0.15) is 0 Å². The van der Waals surface area contributed by atoms with E-state index in [0.29, 0.717) is 6.54 Å². The Bertz CT molecular complexity index is 172. The van der Waals surface area contributed by atoms with Crippen LogP contribution in [0, 0.1) is 0 Å². The average Bonchev–Trinajstić information content (AvgIpc) is 2.16. The summed E-state index contributed by atoms with van der Waals surface area (Å²) in [5.41, 5.74) is 0. The van der Waals surface area contributed by atoms with Crippen molar-refractivity contribution in [3.63, 3.8) is 0 Å². The third-order valence-electron chi connectivity index (χ3n) is 1.58. The molecule has 0 N–H and O–H groups in total. The number of isocyanates is 1. The first-order valence-corrected chi connectivity index (χ1v) is 4.68. The second-order valence-corrected chi connectivity index (χ2v) is 2.73. The molecule has 0 spiro atoms. The Morgan fingerprint density at radius 1 is 1.31 bits per heavy atom. The van der Waals surface area contributed by atoms with Crippen LogP contribution in [-0.4, -0.2) is 19.2 Å². The minimum absolute atomic E-state index is 0.610. The summed E-state index contributed by atoms with van der Waals surface area (Å²) < 4.78 is 5.14. The van der Waals surface area contributed by atoms with E-state index < -0.39 is 0 Å². The highest BCUT2D eigenvalue weighted by molar-refractivity contribution is 5.32. The van der Waals surface area contributed by atoms with Crippen molar-refractivity contribution in [1.82, 2.24) is 0 Å². The van der Waals surface area contributed by atoms with Crippen molar-refractivity contribution in [2.24, 2.45) is 4.99 Å². The molecule has 0 atom stereocenters. The number of hydrogen-bond donors (Lipinski definition) is 0. The van der Waals surface area contributed by atoms with Gasteiger partial charge in [0.2, 0.25) is 6.08 Å². The summed E-state index contributed by atoms with van der Waals surface area (Å²) in [7, 11) is 0. The molecule has 74 valence electrons. The van der Waals surface area contributed by atoms with Crippen LogP contribution >= 0.6 is 0 Å². The van der Waals surface area contributed by atoms with Crippen LogP contribution < -0.4 is 0 Å². The predicted molar refractivity (Wildman–Crippen MR) is 52.2 cm³/mol. The Kier molecular flexibility index (Phi) is 10.0. The summed E-state index contributed by atoms with van der Waals surface area (Å²) in [5, 5.41) is 0. The van der Waals surface area contributed by atoms with Gasteiger partial charge in [-0.25, -0.2) is 9.79 Å². The van der Waals surface area contributed by atoms with Gasteiger partial charge >= 0.3 is 0 Å². The normalized spacial score (nSPS) is 9.92. The lowest BCUT2D eigenvalue weighted by Gasteiger charge is -1.99. The van der Waals surface area contributed by atoms with Crippen molar-refractivity contribution >= 4 is 6.08 Å². The number of ether oxygens (including phenoxy) is 1. The quantitative estimate of drug-likeness (QED) is 0.251. The number of aliphatic imine (C=N–C) groups is 1. The monoisotopic (exact) mass is 183 g/mol. The molecule has 0 aromatic heterocycles. The van der Waals surface area contributed by atoms with Crippen LogP contribution in [0.2, 0.25) is 0 Å². The molecule has 3 nitrogen and oxygen atoms in total. The van der Waals surface area contributed by atoms with E-state index in [1.54, 1.807) is 6.26 Å². The molecule has 0 amide bonds. The van der Waals surface area contributed by atoms with Crippen molar-refractivity contribution in [2.75, 3.05) is 13.2 Å². The van der Waals surface area contributed by atoms with Gasteiger partial charge in [-0.1, -0.05) is 12.5 Å². The third-order valence-corrected chi connectivity index (χ3v) is 1.58. The summed E-state index contributed by atoms with van der Waals surface area (Å²) in [5.74, 6) is 0. The van der Waals surface area contributed by atoms with Gasteiger partial charge in [0.05, 0.1) is 19.4 Å². The minimum Gasteiger partial charge on any atom is -0.502 e. The van der Waals surface area contributed by atoms with Crippen LogP contribution in [0.1, 0.15) is 32.6 Å². The summed E-state index contributed by atoms with van der Waals surface area (Å²) >= 11 is 0. The Labute approximate surface area is 79.5 Å². The van der Waals surface area contributed by atoms with E-state index in [2.05, 4.69) is 4.99 Å². The molecule has 13 heavy (non-hydrogen) atoms. The summed E-state index contributed by atoms with van der Waals surface area (Å²) in [6.45, 7) is 3.32. The summed E-state index contributed by atoms with van der Waals surface area (Å²) in [6.07, 6.45) is 9.37. The Hall–Kier alpha value is -1.08.